The number of amides is 2. The summed E-state index contributed by atoms with van der Waals surface area (Å²) in [6.45, 7) is 2.33. The average molecular weight is 273 g/mol. The van der Waals surface area contributed by atoms with E-state index in [1.54, 1.807) is 6.92 Å². The predicted molar refractivity (Wildman–Crippen MR) is 56.2 cm³/mol. The number of nitrogens with one attached hydrogen (secondary N) is 1. The minimum Gasteiger partial charge on any atom is -0.350 e. The number of urea groups is 1. The number of hydrogen-bond donors (Lipinski definition) is 2. The molecule has 0 atom stereocenters. The number of rotatable bonds is 7. The smallest absolute Gasteiger partial charge is 0.332 e. The molecule has 0 heterocycles. The highest BCUT2D eigenvalue weighted by molar-refractivity contribution is 5.85. The number of hydrogen-bond acceptors (Lipinski definition) is 4. The van der Waals surface area contributed by atoms with E-state index in [2.05, 4.69) is 5.10 Å². The van der Waals surface area contributed by atoms with Crippen LogP contribution in [0.2, 0.25) is 0 Å². The molecule has 0 saturated heterocycles. The molecule has 10 heteroatoms. The Hall–Kier alpha value is -1.42. The normalized spacial score (nSPS) is 13.2. The van der Waals surface area contributed by atoms with Gasteiger partial charge in [0.15, 0.2) is 5.66 Å². The van der Waals surface area contributed by atoms with Gasteiger partial charge in [0.1, 0.15) is 0 Å². The summed E-state index contributed by atoms with van der Waals surface area (Å²) in [5.41, 5.74) is 4.25. The van der Waals surface area contributed by atoms with Crippen LogP contribution in [0.25, 0.3) is 0 Å². The highest BCUT2D eigenvalue weighted by Crippen LogP contribution is 2.28. The topological polar surface area (TPSA) is 74.0 Å². The van der Waals surface area contributed by atoms with Gasteiger partial charge in [0.05, 0.1) is 0 Å². The zero-order valence-corrected chi connectivity index (χ0v) is 9.96. The first kappa shape index (κ1) is 16.6. The summed E-state index contributed by atoms with van der Waals surface area (Å²) in [7, 11) is 0. The standard InChI is InChI=1S/C8H15F4N5O/c1-3-6(14-15-7(13)18)4-5-8(2,16(9)10)17(11)12/h3-5H2,1-2H3,(H3,13,15,18)/b14-6+. The van der Waals surface area contributed by atoms with E-state index in [0.717, 1.165) is 0 Å². The summed E-state index contributed by atoms with van der Waals surface area (Å²) in [5, 5.41) is 0.393. The van der Waals surface area contributed by atoms with Gasteiger partial charge in [-0.2, -0.15) is 5.10 Å². The van der Waals surface area contributed by atoms with Crippen LogP contribution >= 0.6 is 0 Å². The van der Waals surface area contributed by atoms with Crippen LogP contribution in [0.3, 0.4) is 0 Å². The van der Waals surface area contributed by atoms with E-state index in [0.29, 0.717) is 13.3 Å². The monoisotopic (exact) mass is 273 g/mol. The zero-order chi connectivity index (χ0) is 14.3. The van der Waals surface area contributed by atoms with Gasteiger partial charge in [0.2, 0.25) is 0 Å². The van der Waals surface area contributed by atoms with E-state index in [4.69, 9.17) is 5.73 Å². The van der Waals surface area contributed by atoms with Gasteiger partial charge in [-0.05, 0) is 26.2 Å². The molecule has 0 aliphatic heterocycles. The lowest BCUT2D eigenvalue weighted by atomic mass is 10.0. The van der Waals surface area contributed by atoms with Gasteiger partial charge in [-0.1, -0.05) is 24.8 Å². The van der Waals surface area contributed by atoms with Crippen LogP contribution < -0.4 is 11.2 Å². The van der Waals surface area contributed by atoms with Crippen LogP contribution in [0.1, 0.15) is 33.1 Å². The molecule has 0 aromatic heterocycles. The van der Waals surface area contributed by atoms with E-state index in [9.17, 15) is 22.7 Å². The van der Waals surface area contributed by atoms with E-state index in [1.807, 2.05) is 5.43 Å². The number of nitrogens with zero attached hydrogens (tertiary/aromatic N) is 3. The molecule has 0 bridgehead atoms. The van der Waals surface area contributed by atoms with Crippen molar-refractivity contribution in [1.82, 2.24) is 16.1 Å². The maximum absolute atomic E-state index is 12.4. The fourth-order valence-electron chi connectivity index (χ4n) is 1.05. The molecule has 0 radical (unpaired) electrons. The molecule has 0 aromatic rings. The van der Waals surface area contributed by atoms with Crippen molar-refractivity contribution >= 4 is 11.7 Å². The Labute approximate surface area is 101 Å². The molecule has 6 nitrogen and oxygen atoms in total. The lowest BCUT2D eigenvalue weighted by Crippen LogP contribution is -2.46. The van der Waals surface area contributed by atoms with E-state index in [1.165, 1.54) is 0 Å². The molecule has 0 aliphatic carbocycles. The fraction of sp³-hybridized carbons (Fsp3) is 0.750. The molecule has 0 saturated carbocycles. The number of nitrogens with two attached hydrogens (primary N) is 1. The molecule has 0 aliphatic rings. The van der Waals surface area contributed by atoms with Gasteiger partial charge in [-0.15, -0.1) is 0 Å². The highest BCUT2D eigenvalue weighted by atomic mass is 19.4. The van der Waals surface area contributed by atoms with E-state index >= 15 is 0 Å². The van der Waals surface area contributed by atoms with Crippen molar-refractivity contribution in [3.63, 3.8) is 0 Å². The molecule has 3 N–H and O–H groups in total. The Balaban J connectivity index is 4.59. The molecular weight excluding hydrogens is 258 g/mol. The van der Waals surface area contributed by atoms with Crippen molar-refractivity contribution in [3.05, 3.63) is 0 Å². The average Bonchev–Trinajstić information content (AvgIpc) is 2.27. The molecular formula is C8H15F4N5O. The van der Waals surface area contributed by atoms with Gasteiger partial charge in [-0.25, -0.2) is 10.2 Å². The van der Waals surface area contributed by atoms with Gasteiger partial charge < -0.3 is 5.73 Å². The summed E-state index contributed by atoms with van der Waals surface area (Å²) in [6, 6.07) is -0.918. The minimum absolute atomic E-state index is 0.137. The van der Waals surface area contributed by atoms with Crippen molar-refractivity contribution in [2.45, 2.75) is 38.8 Å². The Bertz CT molecular complexity index is 302. The lowest BCUT2D eigenvalue weighted by molar-refractivity contribution is -0.366. The Morgan fingerprint density at radius 1 is 1.33 bits per heavy atom. The predicted octanol–water partition coefficient (Wildman–Crippen LogP) is 2.06. The van der Waals surface area contributed by atoms with Crippen molar-refractivity contribution < 1.29 is 22.7 Å². The van der Waals surface area contributed by atoms with Crippen LogP contribution in [-0.4, -0.2) is 28.1 Å². The van der Waals surface area contributed by atoms with Crippen LogP contribution in [0.15, 0.2) is 5.10 Å². The van der Waals surface area contributed by atoms with Crippen LogP contribution in [0.5, 0.6) is 0 Å². The number of halogens is 4. The van der Waals surface area contributed by atoms with Gasteiger partial charge in [0, 0.05) is 16.4 Å². The first-order valence-corrected chi connectivity index (χ1v) is 5.08. The Morgan fingerprint density at radius 2 is 1.83 bits per heavy atom. The molecule has 0 rings (SSSR count). The second kappa shape index (κ2) is 7.11. The maximum Gasteiger partial charge on any atom is 0.332 e. The molecule has 0 fully saturated rings. The third kappa shape index (κ3) is 4.84. The number of carbonyl (C=O) groups is 1. The Kier molecular flexibility index (Phi) is 6.55. The quantitative estimate of drug-likeness (QED) is 0.245. The molecule has 0 spiro atoms. The third-order valence-electron chi connectivity index (χ3n) is 2.35. The molecule has 0 unspecified atom stereocenters. The summed E-state index contributed by atoms with van der Waals surface area (Å²) >= 11 is 0. The van der Waals surface area contributed by atoms with Gasteiger partial charge in [0.25, 0.3) is 0 Å². The molecule has 106 valence electrons. The summed E-state index contributed by atoms with van der Waals surface area (Å²) in [5.74, 6) is 0. The van der Waals surface area contributed by atoms with E-state index in [-0.39, 0.29) is 12.1 Å². The second-order valence-corrected chi connectivity index (χ2v) is 3.69. The molecule has 0 aromatic carbocycles. The first-order valence-electron chi connectivity index (χ1n) is 5.08. The second-order valence-electron chi connectivity index (χ2n) is 3.69. The zero-order valence-electron chi connectivity index (χ0n) is 9.96. The molecule has 2 amide bonds. The SMILES string of the molecule is CC/C(CCC(C)(N(F)F)N(F)F)=N\NC(N)=O. The van der Waals surface area contributed by atoms with Crippen molar-refractivity contribution in [1.29, 1.82) is 0 Å². The van der Waals surface area contributed by atoms with Crippen LogP contribution in [0.4, 0.5) is 22.7 Å². The summed E-state index contributed by atoms with van der Waals surface area (Å²) < 4.78 is 49.5. The maximum atomic E-state index is 12.4. The van der Waals surface area contributed by atoms with Crippen molar-refractivity contribution in [3.8, 4) is 0 Å². The summed E-state index contributed by atoms with van der Waals surface area (Å²) in [4.78, 5) is 10.4. The van der Waals surface area contributed by atoms with Gasteiger partial charge in [-0.3, -0.25) is 0 Å². The summed E-state index contributed by atoms with van der Waals surface area (Å²) in [6.07, 6.45) is -0.393. The molecule has 18 heavy (non-hydrogen) atoms. The van der Waals surface area contributed by atoms with Crippen LogP contribution in [-0.2, 0) is 0 Å². The number of hydrazone groups is 1. The third-order valence-corrected chi connectivity index (χ3v) is 2.35. The highest BCUT2D eigenvalue weighted by Gasteiger charge is 2.42. The number of carbonyl (C=O) groups excluding carboxylic acids is 1. The van der Waals surface area contributed by atoms with Gasteiger partial charge >= 0.3 is 6.03 Å². The Morgan fingerprint density at radius 3 is 2.17 bits per heavy atom. The van der Waals surface area contributed by atoms with Crippen molar-refractivity contribution in [2.75, 3.05) is 0 Å². The first-order chi connectivity index (χ1) is 8.24. The van der Waals surface area contributed by atoms with Crippen molar-refractivity contribution in [2.24, 2.45) is 10.8 Å². The largest absolute Gasteiger partial charge is 0.350 e. The fourth-order valence-corrected chi connectivity index (χ4v) is 1.05. The number of primary amides is 1. The van der Waals surface area contributed by atoms with E-state index < -0.39 is 28.8 Å². The minimum atomic E-state index is -2.71. The lowest BCUT2D eigenvalue weighted by Gasteiger charge is -2.28. The van der Waals surface area contributed by atoms with Crippen LogP contribution in [0, 0.1) is 0 Å².